The van der Waals surface area contributed by atoms with E-state index in [9.17, 15) is 0 Å². The molecule has 0 heterocycles. The van der Waals surface area contributed by atoms with Crippen molar-refractivity contribution in [2.24, 2.45) is 0 Å². The minimum absolute atomic E-state index is 0.134. The van der Waals surface area contributed by atoms with Gasteiger partial charge in [-0.05, 0) is 24.1 Å². The first-order valence-corrected chi connectivity index (χ1v) is 5.46. The lowest BCUT2D eigenvalue weighted by atomic mass is 10.1. The predicted octanol–water partition coefficient (Wildman–Crippen LogP) is 2.78. The minimum atomic E-state index is 0.134. The summed E-state index contributed by atoms with van der Waals surface area (Å²) in [6.07, 6.45) is 0.621. The molecule has 2 aromatic carbocycles. The van der Waals surface area contributed by atoms with Gasteiger partial charge in [0.25, 0.3) is 0 Å². The van der Waals surface area contributed by atoms with Crippen LogP contribution in [0.4, 0.5) is 0 Å². The van der Waals surface area contributed by atoms with E-state index in [1.807, 2.05) is 54.6 Å². The molecule has 0 amide bonds. The van der Waals surface area contributed by atoms with Gasteiger partial charge in [-0.15, -0.1) is 0 Å². The van der Waals surface area contributed by atoms with E-state index in [0.717, 1.165) is 5.56 Å². The van der Waals surface area contributed by atoms with Gasteiger partial charge in [0, 0.05) is 6.61 Å². The van der Waals surface area contributed by atoms with E-state index in [-0.39, 0.29) is 6.61 Å². The van der Waals surface area contributed by atoms with Gasteiger partial charge >= 0.3 is 0 Å². The number of hydrogen-bond acceptors (Lipinski definition) is 2. The molecule has 0 unspecified atom stereocenters. The third-order valence-corrected chi connectivity index (χ3v) is 2.12. The molecule has 0 aliphatic carbocycles. The number of nitrogens with zero attached hydrogens (tertiary/aromatic N) is 1. The maximum atomic E-state index is 8.60. The zero-order valence-electron chi connectivity index (χ0n) is 9.58. The fraction of sp³-hybridized carbons (Fsp3) is 0.133. The van der Waals surface area contributed by atoms with Crippen molar-refractivity contribution in [3.8, 4) is 6.07 Å². The Morgan fingerprint density at radius 3 is 2.00 bits per heavy atom. The molecule has 0 saturated carbocycles. The second-order valence-electron chi connectivity index (χ2n) is 3.44. The number of aliphatic hydroxyl groups is 1. The van der Waals surface area contributed by atoms with Gasteiger partial charge in [0.15, 0.2) is 0 Å². The molecule has 2 heteroatoms. The van der Waals surface area contributed by atoms with Crippen LogP contribution in [0.25, 0.3) is 0 Å². The molecule has 2 aromatic rings. The van der Waals surface area contributed by atoms with Crippen LogP contribution in [-0.4, -0.2) is 11.7 Å². The first-order valence-electron chi connectivity index (χ1n) is 5.46. The van der Waals surface area contributed by atoms with Gasteiger partial charge in [-0.25, -0.2) is 0 Å². The summed E-state index contributed by atoms with van der Waals surface area (Å²) in [6, 6.07) is 21.3. The normalized spacial score (nSPS) is 8.71. The van der Waals surface area contributed by atoms with Crippen molar-refractivity contribution >= 4 is 0 Å². The van der Waals surface area contributed by atoms with E-state index in [1.54, 1.807) is 12.1 Å². The quantitative estimate of drug-likeness (QED) is 0.854. The third-order valence-electron chi connectivity index (χ3n) is 2.12. The van der Waals surface area contributed by atoms with Crippen molar-refractivity contribution < 1.29 is 5.11 Å². The summed E-state index contributed by atoms with van der Waals surface area (Å²) in [4.78, 5) is 0. The van der Waals surface area contributed by atoms with E-state index in [2.05, 4.69) is 0 Å². The number of benzene rings is 2. The average Bonchev–Trinajstić information content (AvgIpc) is 2.42. The van der Waals surface area contributed by atoms with Crippen molar-refractivity contribution in [1.29, 1.82) is 5.26 Å². The molecule has 1 N–H and O–H groups in total. The van der Waals surface area contributed by atoms with Crippen LogP contribution >= 0.6 is 0 Å². The number of hydrogen-bond donors (Lipinski definition) is 1. The van der Waals surface area contributed by atoms with E-state index >= 15 is 0 Å². The Hall–Kier alpha value is -2.11. The van der Waals surface area contributed by atoms with Crippen LogP contribution in [0.1, 0.15) is 11.1 Å². The summed E-state index contributed by atoms with van der Waals surface area (Å²) in [5.74, 6) is 0. The lowest BCUT2D eigenvalue weighted by Crippen LogP contribution is -1.90. The maximum absolute atomic E-state index is 8.60. The number of nitriles is 1. The lowest BCUT2D eigenvalue weighted by Gasteiger charge is -1.96. The molecule has 17 heavy (non-hydrogen) atoms. The standard InChI is InChI=1S/C9H9NO.C6H6/c10-7-9-3-1-2-8(6-9)4-5-11;1-2-4-6-5-3-1/h1-3,6,11H,4-5H2;1-6H. The molecule has 0 aliphatic heterocycles. The van der Waals surface area contributed by atoms with E-state index < -0.39 is 0 Å². The molecule has 0 aliphatic rings. The molecular weight excluding hydrogens is 210 g/mol. The Labute approximate surface area is 102 Å². The lowest BCUT2D eigenvalue weighted by molar-refractivity contribution is 0.299. The first kappa shape index (κ1) is 13.0. The Morgan fingerprint density at radius 2 is 1.53 bits per heavy atom. The zero-order valence-corrected chi connectivity index (χ0v) is 9.58. The summed E-state index contributed by atoms with van der Waals surface area (Å²) >= 11 is 0. The average molecular weight is 225 g/mol. The highest BCUT2D eigenvalue weighted by molar-refractivity contribution is 5.32. The van der Waals surface area contributed by atoms with Crippen LogP contribution in [0.5, 0.6) is 0 Å². The summed E-state index contributed by atoms with van der Waals surface area (Å²) in [7, 11) is 0. The topological polar surface area (TPSA) is 44.0 Å². The summed E-state index contributed by atoms with van der Waals surface area (Å²) < 4.78 is 0. The Morgan fingerprint density at radius 1 is 0.941 bits per heavy atom. The SMILES string of the molecule is N#Cc1cccc(CCO)c1.c1ccccc1. The molecule has 0 atom stereocenters. The van der Waals surface area contributed by atoms with Gasteiger partial charge in [-0.1, -0.05) is 48.5 Å². The van der Waals surface area contributed by atoms with Gasteiger partial charge in [-0.3, -0.25) is 0 Å². The fourth-order valence-electron chi connectivity index (χ4n) is 1.31. The molecule has 0 spiro atoms. The van der Waals surface area contributed by atoms with Crippen LogP contribution in [0.2, 0.25) is 0 Å². The largest absolute Gasteiger partial charge is 0.396 e. The maximum Gasteiger partial charge on any atom is 0.0991 e. The van der Waals surface area contributed by atoms with Crippen molar-refractivity contribution in [2.75, 3.05) is 6.61 Å². The number of rotatable bonds is 2. The number of aliphatic hydroxyl groups excluding tert-OH is 1. The molecule has 0 radical (unpaired) electrons. The van der Waals surface area contributed by atoms with Gasteiger partial charge in [0.2, 0.25) is 0 Å². The van der Waals surface area contributed by atoms with E-state index in [4.69, 9.17) is 10.4 Å². The smallest absolute Gasteiger partial charge is 0.0991 e. The monoisotopic (exact) mass is 225 g/mol. The highest BCUT2D eigenvalue weighted by Crippen LogP contribution is 2.03. The second-order valence-corrected chi connectivity index (χ2v) is 3.44. The van der Waals surface area contributed by atoms with Crippen molar-refractivity contribution in [3.05, 3.63) is 71.8 Å². The van der Waals surface area contributed by atoms with Crippen LogP contribution in [-0.2, 0) is 6.42 Å². The first-order chi connectivity index (χ1) is 8.36. The minimum Gasteiger partial charge on any atom is -0.396 e. The second kappa shape index (κ2) is 8.09. The van der Waals surface area contributed by atoms with E-state index in [0.29, 0.717) is 12.0 Å². The Kier molecular flexibility index (Phi) is 6.17. The predicted molar refractivity (Wildman–Crippen MR) is 68.4 cm³/mol. The summed E-state index contributed by atoms with van der Waals surface area (Å²) in [5.41, 5.74) is 1.66. The molecule has 2 rings (SSSR count). The van der Waals surface area contributed by atoms with Crippen LogP contribution in [0.15, 0.2) is 60.7 Å². The molecular formula is C15H15NO. The van der Waals surface area contributed by atoms with Gasteiger partial charge in [0.05, 0.1) is 11.6 Å². The molecule has 0 bridgehead atoms. The summed E-state index contributed by atoms with van der Waals surface area (Å²) in [6.45, 7) is 0.134. The molecule has 86 valence electrons. The van der Waals surface area contributed by atoms with Gasteiger partial charge in [-0.2, -0.15) is 5.26 Å². The third kappa shape index (κ3) is 5.50. The van der Waals surface area contributed by atoms with Gasteiger partial charge < -0.3 is 5.11 Å². The van der Waals surface area contributed by atoms with Crippen LogP contribution in [0, 0.1) is 11.3 Å². The van der Waals surface area contributed by atoms with Crippen LogP contribution in [0.3, 0.4) is 0 Å². The van der Waals surface area contributed by atoms with Crippen molar-refractivity contribution in [1.82, 2.24) is 0 Å². The Bertz CT molecular complexity index is 433. The zero-order chi connectivity index (χ0) is 12.3. The van der Waals surface area contributed by atoms with Gasteiger partial charge in [0.1, 0.15) is 0 Å². The molecule has 0 aromatic heterocycles. The fourth-order valence-corrected chi connectivity index (χ4v) is 1.31. The molecule has 0 saturated heterocycles. The molecule has 2 nitrogen and oxygen atoms in total. The van der Waals surface area contributed by atoms with E-state index in [1.165, 1.54) is 0 Å². The van der Waals surface area contributed by atoms with Crippen molar-refractivity contribution in [3.63, 3.8) is 0 Å². The summed E-state index contributed by atoms with van der Waals surface area (Å²) in [5, 5.41) is 17.1. The highest BCUT2D eigenvalue weighted by atomic mass is 16.2. The highest BCUT2D eigenvalue weighted by Gasteiger charge is 1.92. The molecule has 0 fully saturated rings. The Balaban J connectivity index is 0.000000202. The van der Waals surface area contributed by atoms with Crippen molar-refractivity contribution in [2.45, 2.75) is 6.42 Å². The van der Waals surface area contributed by atoms with Crippen LogP contribution < -0.4 is 0 Å².